The van der Waals surface area contributed by atoms with Crippen molar-refractivity contribution >= 4 is 11.9 Å². The van der Waals surface area contributed by atoms with Crippen molar-refractivity contribution in [3.63, 3.8) is 0 Å². The average molecular weight is 329 g/mol. The molecule has 126 valence electrons. The smallest absolute Gasteiger partial charge is 0.315 e. The molecule has 0 atom stereocenters. The van der Waals surface area contributed by atoms with E-state index in [9.17, 15) is 10.1 Å². The topological polar surface area (TPSA) is 86.0 Å². The molecule has 7 nitrogen and oxygen atoms in total. The van der Waals surface area contributed by atoms with Crippen LogP contribution in [-0.2, 0) is 6.54 Å². The summed E-state index contributed by atoms with van der Waals surface area (Å²) >= 11 is 0. The van der Waals surface area contributed by atoms with E-state index in [4.69, 9.17) is 9.47 Å². The molecule has 0 radical (unpaired) electrons. The van der Waals surface area contributed by atoms with Gasteiger partial charge in [-0.25, -0.2) is 0 Å². The molecule has 0 saturated heterocycles. The molecule has 0 fully saturated rings. The summed E-state index contributed by atoms with van der Waals surface area (Å²) in [6.45, 7) is 2.74. The number of rotatable bonds is 8. The molecule has 0 saturated carbocycles. The Hall–Kier alpha value is -3.09. The first-order valence-electron chi connectivity index (χ1n) is 7.44. The number of hydrogen-bond donors (Lipinski definition) is 1. The molecule has 7 heteroatoms. The fraction of sp³-hybridized carbons (Fsp3) is 0.235. The molecule has 24 heavy (non-hydrogen) atoms. The summed E-state index contributed by atoms with van der Waals surface area (Å²) in [6, 6.07) is 12.8. The highest BCUT2D eigenvalue weighted by Crippen LogP contribution is 2.37. The molecular formula is C17H19N3O4. The van der Waals surface area contributed by atoms with E-state index in [0.29, 0.717) is 24.5 Å². The van der Waals surface area contributed by atoms with E-state index in [0.717, 1.165) is 5.56 Å². The minimum atomic E-state index is -0.504. The van der Waals surface area contributed by atoms with E-state index in [1.807, 2.05) is 30.3 Å². The first kappa shape index (κ1) is 17.3. The van der Waals surface area contributed by atoms with E-state index >= 15 is 0 Å². The van der Waals surface area contributed by atoms with Gasteiger partial charge in [0.25, 0.3) is 0 Å². The van der Waals surface area contributed by atoms with Crippen molar-refractivity contribution in [2.45, 2.75) is 13.5 Å². The second-order valence-corrected chi connectivity index (χ2v) is 4.84. The van der Waals surface area contributed by atoms with E-state index in [-0.39, 0.29) is 11.4 Å². The largest absolute Gasteiger partial charge is 0.490 e. The van der Waals surface area contributed by atoms with Crippen LogP contribution in [0.4, 0.5) is 5.69 Å². The van der Waals surface area contributed by atoms with Gasteiger partial charge in [-0.15, -0.1) is 0 Å². The third-order valence-corrected chi connectivity index (χ3v) is 3.19. The lowest BCUT2D eigenvalue weighted by atomic mass is 10.2. The zero-order valence-electron chi connectivity index (χ0n) is 13.6. The quantitative estimate of drug-likeness (QED) is 0.457. The molecule has 0 spiro atoms. The molecule has 0 aliphatic rings. The second kappa shape index (κ2) is 8.52. The van der Waals surface area contributed by atoms with Gasteiger partial charge in [0, 0.05) is 11.6 Å². The van der Waals surface area contributed by atoms with E-state index in [1.54, 1.807) is 13.0 Å². The molecule has 0 unspecified atom stereocenters. The van der Waals surface area contributed by atoms with Gasteiger partial charge in [0.2, 0.25) is 5.75 Å². The Bertz CT molecular complexity index is 717. The van der Waals surface area contributed by atoms with Crippen molar-refractivity contribution in [3.05, 3.63) is 63.7 Å². The SMILES string of the molecule is CCOc1cc(C=NNCc2ccccc2)cc([N+](=O)[O-])c1OC. The number of ether oxygens (including phenoxy) is 2. The predicted octanol–water partition coefficient (Wildman–Crippen LogP) is 3.13. The molecule has 1 N–H and O–H groups in total. The summed E-state index contributed by atoms with van der Waals surface area (Å²) in [7, 11) is 1.38. The van der Waals surface area contributed by atoms with Crippen LogP contribution in [0.25, 0.3) is 0 Å². The Morgan fingerprint density at radius 2 is 2.04 bits per heavy atom. The minimum Gasteiger partial charge on any atom is -0.490 e. The van der Waals surface area contributed by atoms with E-state index < -0.39 is 4.92 Å². The maximum absolute atomic E-state index is 11.2. The van der Waals surface area contributed by atoms with Crippen molar-refractivity contribution in [2.75, 3.05) is 13.7 Å². The highest BCUT2D eigenvalue weighted by atomic mass is 16.6. The van der Waals surface area contributed by atoms with Crippen molar-refractivity contribution in [1.29, 1.82) is 0 Å². The summed E-state index contributed by atoms with van der Waals surface area (Å²) in [6.07, 6.45) is 1.51. The van der Waals surface area contributed by atoms with Crippen molar-refractivity contribution < 1.29 is 14.4 Å². The summed E-state index contributed by atoms with van der Waals surface area (Å²) < 4.78 is 10.5. The van der Waals surface area contributed by atoms with Crippen molar-refractivity contribution in [2.24, 2.45) is 5.10 Å². The number of benzene rings is 2. The van der Waals surface area contributed by atoms with E-state index in [2.05, 4.69) is 10.5 Å². The van der Waals surface area contributed by atoms with Gasteiger partial charge in [-0.05, 0) is 18.6 Å². The van der Waals surface area contributed by atoms with Gasteiger partial charge in [0.05, 0.1) is 31.4 Å². The van der Waals surface area contributed by atoms with Crippen LogP contribution < -0.4 is 14.9 Å². The number of nitro groups is 1. The lowest BCUT2D eigenvalue weighted by molar-refractivity contribution is -0.385. The van der Waals surface area contributed by atoms with Crippen LogP contribution >= 0.6 is 0 Å². The maximum Gasteiger partial charge on any atom is 0.315 e. The molecule has 0 aliphatic carbocycles. The van der Waals surface area contributed by atoms with Gasteiger partial charge in [-0.1, -0.05) is 30.3 Å². The number of nitro benzene ring substituents is 1. The van der Waals surface area contributed by atoms with Gasteiger partial charge in [-0.3, -0.25) is 10.1 Å². The lowest BCUT2D eigenvalue weighted by Gasteiger charge is -2.10. The molecule has 0 heterocycles. The van der Waals surface area contributed by atoms with Crippen LogP contribution in [0, 0.1) is 10.1 Å². The van der Waals surface area contributed by atoms with Crippen molar-refractivity contribution in [3.8, 4) is 11.5 Å². The number of methoxy groups -OCH3 is 1. The van der Waals surface area contributed by atoms with Crippen LogP contribution in [-0.4, -0.2) is 24.9 Å². The fourth-order valence-electron chi connectivity index (χ4n) is 2.14. The molecule has 0 bridgehead atoms. The van der Waals surface area contributed by atoms with Crippen LogP contribution in [0.5, 0.6) is 11.5 Å². The number of nitrogens with zero attached hydrogens (tertiary/aromatic N) is 2. The summed E-state index contributed by atoms with van der Waals surface area (Å²) in [5, 5.41) is 15.3. The Morgan fingerprint density at radius 1 is 1.29 bits per heavy atom. The third-order valence-electron chi connectivity index (χ3n) is 3.19. The third kappa shape index (κ3) is 4.45. The highest BCUT2D eigenvalue weighted by molar-refractivity contribution is 5.83. The number of hydrogen-bond acceptors (Lipinski definition) is 6. The normalized spacial score (nSPS) is 10.6. The molecule has 2 aromatic rings. The zero-order valence-corrected chi connectivity index (χ0v) is 13.6. The van der Waals surface area contributed by atoms with Crippen LogP contribution in [0.3, 0.4) is 0 Å². The minimum absolute atomic E-state index is 0.108. The standard InChI is InChI=1S/C17H19N3O4/c1-3-24-16-10-14(9-15(20(21)22)17(16)23-2)12-19-18-11-13-7-5-4-6-8-13/h4-10,12,18H,3,11H2,1-2H3. The predicted molar refractivity (Wildman–Crippen MR) is 91.7 cm³/mol. The Labute approximate surface area is 140 Å². The first-order valence-corrected chi connectivity index (χ1v) is 7.44. The summed E-state index contributed by atoms with van der Waals surface area (Å²) in [4.78, 5) is 10.7. The van der Waals surface area contributed by atoms with Gasteiger partial charge >= 0.3 is 5.69 Å². The van der Waals surface area contributed by atoms with Crippen LogP contribution in [0.15, 0.2) is 47.6 Å². The maximum atomic E-state index is 11.2. The Kier molecular flexibility index (Phi) is 6.13. The van der Waals surface area contributed by atoms with Gasteiger partial charge in [0.1, 0.15) is 0 Å². The lowest BCUT2D eigenvalue weighted by Crippen LogP contribution is -2.06. The molecular weight excluding hydrogens is 310 g/mol. The molecule has 0 aliphatic heterocycles. The fourth-order valence-corrected chi connectivity index (χ4v) is 2.14. The Balaban J connectivity index is 2.16. The molecule has 2 rings (SSSR count). The zero-order chi connectivity index (χ0) is 17.4. The first-order chi connectivity index (χ1) is 11.7. The van der Waals surface area contributed by atoms with Crippen molar-refractivity contribution in [1.82, 2.24) is 5.43 Å². The molecule has 0 aromatic heterocycles. The number of hydrazone groups is 1. The Morgan fingerprint density at radius 3 is 2.67 bits per heavy atom. The average Bonchev–Trinajstić information content (AvgIpc) is 2.59. The van der Waals surface area contributed by atoms with Gasteiger partial charge < -0.3 is 14.9 Å². The van der Waals surface area contributed by atoms with Gasteiger partial charge in [-0.2, -0.15) is 5.10 Å². The summed E-state index contributed by atoms with van der Waals surface area (Å²) in [5.41, 5.74) is 4.38. The highest BCUT2D eigenvalue weighted by Gasteiger charge is 2.21. The summed E-state index contributed by atoms with van der Waals surface area (Å²) in [5.74, 6) is 0.426. The molecule has 2 aromatic carbocycles. The van der Waals surface area contributed by atoms with Crippen LogP contribution in [0.2, 0.25) is 0 Å². The van der Waals surface area contributed by atoms with E-state index in [1.165, 1.54) is 19.4 Å². The monoisotopic (exact) mass is 329 g/mol. The number of nitrogens with one attached hydrogen (secondary N) is 1. The van der Waals surface area contributed by atoms with Gasteiger partial charge in [0.15, 0.2) is 5.75 Å². The second-order valence-electron chi connectivity index (χ2n) is 4.84. The van der Waals surface area contributed by atoms with Crippen LogP contribution in [0.1, 0.15) is 18.1 Å². The molecule has 0 amide bonds.